The van der Waals surface area contributed by atoms with Crippen molar-refractivity contribution in [3.05, 3.63) is 147 Å². The summed E-state index contributed by atoms with van der Waals surface area (Å²) in [5, 5.41) is 23.8. The van der Waals surface area contributed by atoms with E-state index in [1.165, 1.54) is 12.4 Å². The third-order valence-electron chi connectivity index (χ3n) is 7.14. The Morgan fingerprint density at radius 1 is 0.708 bits per heavy atom. The molecule has 0 fully saturated rings. The first kappa shape index (κ1) is 34.8. The maximum Gasteiger partial charge on any atom is 0.215 e. The number of Topliss-reactive ketones (excluding diaryl/α,β-unsaturated/α-hetero) is 1. The second-order valence-electron chi connectivity index (χ2n) is 10.2. The lowest BCUT2D eigenvalue weighted by molar-refractivity contribution is 0.106. The molecule has 3 heterocycles. The van der Waals surface area contributed by atoms with Gasteiger partial charge in [0.2, 0.25) is 5.78 Å². The number of aliphatic hydroxyl groups excluding tert-OH is 1. The van der Waals surface area contributed by atoms with Gasteiger partial charge in [-0.25, -0.2) is 4.98 Å². The van der Waals surface area contributed by atoms with Crippen molar-refractivity contribution in [1.29, 1.82) is 0 Å². The second-order valence-corrected chi connectivity index (χ2v) is 11.9. The predicted octanol–water partition coefficient (Wildman–Crippen LogP) is 9.42. The van der Waals surface area contributed by atoms with Gasteiger partial charge in [0.15, 0.2) is 5.71 Å². The standard InChI is InChI=1S/C23H18Cl3N3O.C13H9ClN2O2/c24-17-7-5-16(6-8-17)22-21(15-9-11-27-12-10-15)28-23(29(22)13-2-14-30)20-18(25)3-1-4-19(20)26;14-11-3-1-10(2-4-11)13(17)12(16-18)9-5-7-15-8-6-9/h1,3-12,30H,2,13-14H2;1-8,18H. The summed E-state index contributed by atoms with van der Waals surface area (Å²) in [6.45, 7) is 0.599. The van der Waals surface area contributed by atoms with Gasteiger partial charge in [-0.3, -0.25) is 14.8 Å². The number of carbonyl (C=O) groups excluding carboxylic acids is 1. The molecule has 0 atom stereocenters. The van der Waals surface area contributed by atoms with Crippen molar-refractivity contribution in [2.24, 2.45) is 5.16 Å². The Balaban J connectivity index is 0.000000214. The Labute approximate surface area is 296 Å². The summed E-state index contributed by atoms with van der Waals surface area (Å²) in [4.78, 5) is 25.1. The van der Waals surface area contributed by atoms with Crippen LogP contribution >= 0.6 is 46.4 Å². The molecule has 0 aliphatic carbocycles. The number of imidazole rings is 1. The zero-order valence-corrected chi connectivity index (χ0v) is 28.2. The van der Waals surface area contributed by atoms with Crippen LogP contribution in [-0.2, 0) is 6.54 Å². The number of oxime groups is 1. The lowest BCUT2D eigenvalue weighted by atomic mass is 10.0. The van der Waals surface area contributed by atoms with Crippen molar-refractivity contribution in [3.8, 4) is 33.9 Å². The molecule has 242 valence electrons. The van der Waals surface area contributed by atoms with E-state index in [9.17, 15) is 9.90 Å². The molecule has 0 aliphatic rings. The van der Waals surface area contributed by atoms with Gasteiger partial charge in [-0.2, -0.15) is 0 Å². The van der Waals surface area contributed by atoms with Crippen molar-refractivity contribution < 1.29 is 15.1 Å². The predicted molar refractivity (Wildman–Crippen MR) is 191 cm³/mol. The molecule has 0 bridgehead atoms. The van der Waals surface area contributed by atoms with Gasteiger partial charge in [0.25, 0.3) is 0 Å². The van der Waals surface area contributed by atoms with Crippen molar-refractivity contribution >= 4 is 57.9 Å². The Kier molecular flexibility index (Phi) is 11.9. The van der Waals surface area contributed by atoms with E-state index in [4.69, 9.17) is 56.6 Å². The van der Waals surface area contributed by atoms with Crippen LogP contribution in [0.4, 0.5) is 0 Å². The first-order valence-electron chi connectivity index (χ1n) is 14.6. The first-order valence-corrected chi connectivity index (χ1v) is 16.1. The molecule has 0 unspecified atom stereocenters. The van der Waals surface area contributed by atoms with Crippen LogP contribution in [0.25, 0.3) is 33.9 Å². The van der Waals surface area contributed by atoms with Crippen LogP contribution in [0.5, 0.6) is 0 Å². The molecule has 0 saturated carbocycles. The van der Waals surface area contributed by atoms with E-state index in [1.54, 1.807) is 67.0 Å². The molecule has 8 nitrogen and oxygen atoms in total. The third kappa shape index (κ3) is 8.10. The molecule has 3 aromatic carbocycles. The van der Waals surface area contributed by atoms with Gasteiger partial charge >= 0.3 is 0 Å². The summed E-state index contributed by atoms with van der Waals surface area (Å²) >= 11 is 24.9. The van der Waals surface area contributed by atoms with Gasteiger partial charge in [-0.1, -0.05) is 69.8 Å². The minimum atomic E-state index is -0.375. The van der Waals surface area contributed by atoms with Gasteiger partial charge in [0, 0.05) is 70.2 Å². The number of aromatic nitrogens is 4. The number of carbonyl (C=O) groups is 1. The van der Waals surface area contributed by atoms with E-state index < -0.39 is 0 Å². The fourth-order valence-corrected chi connectivity index (χ4v) is 5.71. The Bertz CT molecular complexity index is 2000. The zero-order valence-electron chi connectivity index (χ0n) is 25.1. The van der Waals surface area contributed by atoms with Crippen LogP contribution in [0.15, 0.2) is 121 Å². The number of halogens is 4. The van der Waals surface area contributed by atoms with E-state index in [0.29, 0.717) is 55.6 Å². The van der Waals surface area contributed by atoms with Gasteiger partial charge in [-0.05, 0) is 79.2 Å². The van der Waals surface area contributed by atoms with E-state index >= 15 is 0 Å². The first-order chi connectivity index (χ1) is 23.3. The Morgan fingerprint density at radius 3 is 1.83 bits per heavy atom. The fourth-order valence-electron chi connectivity index (χ4n) is 4.90. The largest absolute Gasteiger partial charge is 0.410 e. The fraction of sp³-hybridized carbons (Fsp3) is 0.0833. The number of rotatable bonds is 9. The van der Waals surface area contributed by atoms with Crippen LogP contribution in [0.1, 0.15) is 22.3 Å². The minimum absolute atomic E-state index is 0.0280. The van der Waals surface area contributed by atoms with Crippen molar-refractivity contribution in [2.45, 2.75) is 13.0 Å². The highest BCUT2D eigenvalue weighted by atomic mass is 35.5. The normalized spacial score (nSPS) is 11.1. The minimum Gasteiger partial charge on any atom is -0.410 e. The van der Waals surface area contributed by atoms with E-state index in [-0.39, 0.29) is 18.1 Å². The highest BCUT2D eigenvalue weighted by Crippen LogP contribution is 2.41. The molecule has 0 amide bonds. The quantitative estimate of drug-likeness (QED) is 0.0667. The Morgan fingerprint density at radius 2 is 1.27 bits per heavy atom. The SMILES string of the molecule is O=C(C(=NO)c1ccncc1)c1ccc(Cl)cc1.OCCCn1c(-c2c(Cl)cccc2Cl)nc(-c2ccncc2)c1-c1ccc(Cl)cc1. The summed E-state index contributed by atoms with van der Waals surface area (Å²) in [5.74, 6) is 0.274. The number of aliphatic hydroxyl groups is 1. The molecule has 48 heavy (non-hydrogen) atoms. The Hall–Kier alpha value is -4.57. The molecular weight excluding hydrogens is 692 g/mol. The number of hydrogen-bond donors (Lipinski definition) is 2. The zero-order chi connectivity index (χ0) is 34.0. The molecule has 3 aromatic heterocycles. The smallest absolute Gasteiger partial charge is 0.215 e. The van der Waals surface area contributed by atoms with E-state index in [2.05, 4.69) is 19.7 Å². The summed E-state index contributed by atoms with van der Waals surface area (Å²) in [6.07, 6.45) is 7.07. The monoisotopic (exact) mass is 717 g/mol. The van der Waals surface area contributed by atoms with E-state index in [0.717, 1.165) is 22.5 Å². The number of ketones is 1. The molecule has 6 aromatic rings. The third-order valence-corrected chi connectivity index (χ3v) is 8.27. The summed E-state index contributed by atoms with van der Waals surface area (Å²) in [5.41, 5.74) is 5.10. The van der Waals surface area contributed by atoms with Gasteiger partial charge in [0.1, 0.15) is 5.82 Å². The summed E-state index contributed by atoms with van der Waals surface area (Å²) in [6, 6.07) is 26.4. The van der Waals surface area contributed by atoms with Crippen LogP contribution in [0.2, 0.25) is 20.1 Å². The van der Waals surface area contributed by atoms with Crippen molar-refractivity contribution in [3.63, 3.8) is 0 Å². The molecule has 0 radical (unpaired) electrons. The van der Waals surface area contributed by atoms with Gasteiger partial charge in [0.05, 0.1) is 27.0 Å². The highest BCUT2D eigenvalue weighted by Gasteiger charge is 2.24. The van der Waals surface area contributed by atoms with Crippen LogP contribution in [0.3, 0.4) is 0 Å². The molecule has 2 N–H and O–H groups in total. The highest BCUT2D eigenvalue weighted by molar-refractivity contribution is 6.51. The average Bonchev–Trinajstić information content (AvgIpc) is 3.48. The maximum absolute atomic E-state index is 12.1. The number of benzene rings is 3. The number of nitrogens with zero attached hydrogens (tertiary/aromatic N) is 5. The van der Waals surface area contributed by atoms with Crippen LogP contribution < -0.4 is 0 Å². The van der Waals surface area contributed by atoms with Gasteiger partial charge < -0.3 is 14.9 Å². The van der Waals surface area contributed by atoms with E-state index in [1.807, 2.05) is 36.4 Å². The van der Waals surface area contributed by atoms with Crippen molar-refractivity contribution in [1.82, 2.24) is 19.5 Å². The topological polar surface area (TPSA) is 113 Å². The number of hydrogen-bond acceptors (Lipinski definition) is 7. The van der Waals surface area contributed by atoms with Crippen LogP contribution in [0, 0.1) is 0 Å². The lowest BCUT2D eigenvalue weighted by Gasteiger charge is -2.14. The van der Waals surface area contributed by atoms with Gasteiger partial charge in [-0.15, -0.1) is 0 Å². The number of pyridine rings is 2. The molecule has 0 aliphatic heterocycles. The molecule has 6 rings (SSSR count). The van der Waals surface area contributed by atoms with Crippen LogP contribution in [-0.4, -0.2) is 47.9 Å². The second kappa shape index (κ2) is 16.5. The summed E-state index contributed by atoms with van der Waals surface area (Å²) in [7, 11) is 0. The van der Waals surface area contributed by atoms with Crippen molar-refractivity contribution in [2.75, 3.05) is 6.61 Å². The maximum atomic E-state index is 12.1. The molecule has 12 heteroatoms. The average molecular weight is 719 g/mol. The molecular formula is C36H27Cl4N5O3. The molecule has 0 spiro atoms. The summed E-state index contributed by atoms with van der Waals surface area (Å²) < 4.78 is 2.06. The molecule has 0 saturated heterocycles. The lowest BCUT2D eigenvalue weighted by Crippen LogP contribution is -2.15.